The summed E-state index contributed by atoms with van der Waals surface area (Å²) < 4.78 is 24.7. The van der Waals surface area contributed by atoms with Crippen LogP contribution in [0.5, 0.6) is 0 Å². The summed E-state index contributed by atoms with van der Waals surface area (Å²) in [7, 11) is 0. The van der Waals surface area contributed by atoms with Gasteiger partial charge in [0.25, 0.3) is 0 Å². The predicted molar refractivity (Wildman–Crippen MR) is 118 cm³/mol. The summed E-state index contributed by atoms with van der Waals surface area (Å²) in [6.45, 7) is 3.52. The van der Waals surface area contributed by atoms with Gasteiger partial charge in [0.15, 0.2) is 0 Å². The third-order valence-electron chi connectivity index (χ3n) is 6.06. The van der Waals surface area contributed by atoms with E-state index in [4.69, 9.17) is 9.15 Å². The molecule has 1 aliphatic rings. The fraction of sp³-hybridized carbons (Fsp3) is 0.320. The highest BCUT2D eigenvalue weighted by atomic mass is 19.1. The van der Waals surface area contributed by atoms with Crippen LogP contribution < -0.4 is 5.63 Å². The fourth-order valence-electron chi connectivity index (χ4n) is 4.11. The van der Waals surface area contributed by atoms with Crippen molar-refractivity contribution in [2.24, 2.45) is 0 Å². The van der Waals surface area contributed by atoms with Gasteiger partial charge >= 0.3 is 11.6 Å². The molecule has 33 heavy (non-hydrogen) atoms. The molecule has 1 aromatic heterocycles. The second-order valence-corrected chi connectivity index (χ2v) is 8.30. The van der Waals surface area contributed by atoms with Crippen molar-refractivity contribution < 1.29 is 28.2 Å². The van der Waals surface area contributed by atoms with E-state index in [2.05, 4.69) is 0 Å². The Labute approximate surface area is 189 Å². The van der Waals surface area contributed by atoms with E-state index >= 15 is 0 Å². The summed E-state index contributed by atoms with van der Waals surface area (Å²) in [5.74, 6) is -1.68. The zero-order valence-corrected chi connectivity index (χ0v) is 18.3. The highest BCUT2D eigenvalue weighted by Gasteiger charge is 2.40. The van der Waals surface area contributed by atoms with Crippen LogP contribution in [0.3, 0.4) is 0 Å². The highest BCUT2D eigenvalue weighted by Crippen LogP contribution is 2.25. The Morgan fingerprint density at radius 1 is 1.18 bits per heavy atom. The lowest BCUT2D eigenvalue weighted by Crippen LogP contribution is -2.42. The second-order valence-electron chi connectivity index (χ2n) is 8.30. The molecule has 2 aromatic carbocycles. The van der Waals surface area contributed by atoms with E-state index < -0.39 is 35.5 Å². The first-order chi connectivity index (χ1) is 15.7. The molecule has 0 spiro atoms. The van der Waals surface area contributed by atoms with Crippen LogP contribution in [0.1, 0.15) is 28.7 Å². The molecule has 4 rings (SSSR count). The van der Waals surface area contributed by atoms with Gasteiger partial charge in [-0.05, 0) is 36.6 Å². The van der Waals surface area contributed by atoms with Crippen molar-refractivity contribution >= 4 is 22.8 Å². The van der Waals surface area contributed by atoms with Gasteiger partial charge in [-0.1, -0.05) is 30.3 Å². The van der Waals surface area contributed by atoms with E-state index in [9.17, 15) is 23.9 Å². The topological polar surface area (TPSA) is 97.0 Å². The summed E-state index contributed by atoms with van der Waals surface area (Å²) in [6, 6.07) is 9.89. The minimum absolute atomic E-state index is 0.0256. The number of halogens is 1. The van der Waals surface area contributed by atoms with E-state index in [1.54, 1.807) is 12.1 Å². The third kappa shape index (κ3) is 4.66. The molecule has 0 aliphatic carbocycles. The van der Waals surface area contributed by atoms with Crippen LogP contribution in [-0.2, 0) is 27.4 Å². The molecule has 0 saturated carbocycles. The molecule has 1 fully saturated rings. The Morgan fingerprint density at radius 2 is 1.94 bits per heavy atom. The number of ether oxygens (including phenoxy) is 1. The number of fused-ring (bicyclic) bond motifs is 1. The number of nitrogens with zero attached hydrogens (tertiary/aromatic N) is 1. The number of hydrogen-bond donors (Lipinski definition) is 1. The van der Waals surface area contributed by atoms with Crippen LogP contribution in [0.15, 0.2) is 51.7 Å². The van der Waals surface area contributed by atoms with Crippen LogP contribution in [0.25, 0.3) is 11.0 Å². The van der Waals surface area contributed by atoms with E-state index in [-0.39, 0.29) is 31.6 Å². The summed E-state index contributed by atoms with van der Waals surface area (Å²) in [5.41, 5.74) is 2.36. The Morgan fingerprint density at radius 3 is 2.70 bits per heavy atom. The molecule has 172 valence electrons. The van der Waals surface area contributed by atoms with Gasteiger partial charge in [-0.2, -0.15) is 0 Å². The SMILES string of the molecule is Cc1ccc2c(COC(=O)C3CC(O)CN3C(=O)Cc3ccccc3F)cc(=O)oc2c1C. The standard InChI is InChI=1S/C25H24FNO6/c1-14-7-8-19-17(10-23(30)33-24(19)15(14)2)13-32-25(31)21-11-18(28)12-27(21)22(29)9-16-5-3-4-6-20(16)26/h3-8,10,18,21,28H,9,11-13H2,1-2H3. The number of aliphatic hydroxyl groups excluding tert-OH is 1. The lowest BCUT2D eigenvalue weighted by molar-refractivity contribution is -0.154. The molecule has 2 atom stereocenters. The third-order valence-corrected chi connectivity index (χ3v) is 6.06. The van der Waals surface area contributed by atoms with Crippen LogP contribution in [-0.4, -0.2) is 40.6 Å². The highest BCUT2D eigenvalue weighted by molar-refractivity contribution is 5.87. The Balaban J connectivity index is 1.51. The Bertz CT molecular complexity index is 1280. The summed E-state index contributed by atoms with van der Waals surface area (Å²) >= 11 is 0. The molecule has 8 heteroatoms. The normalized spacial score (nSPS) is 18.0. The fourth-order valence-corrected chi connectivity index (χ4v) is 4.11. The lowest BCUT2D eigenvalue weighted by atomic mass is 10.0. The van der Waals surface area contributed by atoms with Gasteiger partial charge in [0.2, 0.25) is 5.91 Å². The molecule has 0 bridgehead atoms. The van der Waals surface area contributed by atoms with Gasteiger partial charge in [0, 0.05) is 30.0 Å². The Hall–Kier alpha value is -3.52. The first-order valence-corrected chi connectivity index (χ1v) is 10.6. The van der Waals surface area contributed by atoms with Gasteiger partial charge in [-0.25, -0.2) is 14.0 Å². The molecule has 2 unspecified atom stereocenters. The predicted octanol–water partition coefficient (Wildman–Crippen LogP) is 2.80. The van der Waals surface area contributed by atoms with Crippen LogP contribution in [0, 0.1) is 19.7 Å². The van der Waals surface area contributed by atoms with E-state index in [0.29, 0.717) is 16.5 Å². The van der Waals surface area contributed by atoms with Gasteiger partial charge < -0.3 is 19.2 Å². The first-order valence-electron chi connectivity index (χ1n) is 10.6. The molecular weight excluding hydrogens is 429 g/mol. The molecule has 2 heterocycles. The van der Waals surface area contributed by atoms with Crippen molar-refractivity contribution in [1.29, 1.82) is 0 Å². The molecular formula is C25H24FNO6. The van der Waals surface area contributed by atoms with E-state index in [0.717, 1.165) is 11.1 Å². The molecule has 1 aliphatic heterocycles. The van der Waals surface area contributed by atoms with Gasteiger partial charge in [0.05, 0.1) is 12.5 Å². The lowest BCUT2D eigenvalue weighted by Gasteiger charge is -2.23. The molecule has 1 amide bonds. The number of hydrogen-bond acceptors (Lipinski definition) is 6. The van der Waals surface area contributed by atoms with Crippen molar-refractivity contribution in [3.8, 4) is 0 Å². The largest absolute Gasteiger partial charge is 0.459 e. The Kier molecular flexibility index (Phi) is 6.29. The number of carbonyl (C=O) groups is 2. The first kappa shape index (κ1) is 22.7. The summed E-state index contributed by atoms with van der Waals surface area (Å²) in [4.78, 5) is 38.9. The summed E-state index contributed by atoms with van der Waals surface area (Å²) in [6.07, 6.45) is -1.09. The van der Waals surface area contributed by atoms with Crippen molar-refractivity contribution in [2.75, 3.05) is 6.54 Å². The second kappa shape index (κ2) is 9.15. The number of β-amino-alcohol motifs (C(OH)–C–C–N with tert-alkyl or cyclic N) is 1. The monoisotopic (exact) mass is 453 g/mol. The number of carbonyl (C=O) groups excluding carboxylic acids is 2. The maximum atomic E-state index is 13.9. The van der Waals surface area contributed by atoms with Gasteiger partial charge in [-0.3, -0.25) is 4.79 Å². The van der Waals surface area contributed by atoms with Gasteiger partial charge in [-0.15, -0.1) is 0 Å². The zero-order valence-electron chi connectivity index (χ0n) is 18.3. The van der Waals surface area contributed by atoms with E-state index in [1.807, 2.05) is 19.9 Å². The minimum atomic E-state index is -0.991. The number of aliphatic hydroxyl groups is 1. The maximum absolute atomic E-state index is 13.9. The number of aryl methyl sites for hydroxylation is 2. The molecule has 1 N–H and O–H groups in total. The van der Waals surface area contributed by atoms with Gasteiger partial charge in [0.1, 0.15) is 24.0 Å². The number of esters is 1. The number of benzene rings is 2. The quantitative estimate of drug-likeness (QED) is 0.471. The van der Waals surface area contributed by atoms with Crippen molar-refractivity contribution in [3.63, 3.8) is 0 Å². The molecule has 0 radical (unpaired) electrons. The number of likely N-dealkylation sites (tertiary alicyclic amines) is 1. The maximum Gasteiger partial charge on any atom is 0.336 e. The average molecular weight is 453 g/mol. The molecule has 7 nitrogen and oxygen atoms in total. The summed E-state index contributed by atoms with van der Waals surface area (Å²) in [5, 5.41) is 10.7. The van der Waals surface area contributed by atoms with Crippen molar-refractivity contribution in [1.82, 2.24) is 4.90 Å². The van der Waals surface area contributed by atoms with Crippen LogP contribution in [0.4, 0.5) is 4.39 Å². The van der Waals surface area contributed by atoms with Crippen LogP contribution in [0.2, 0.25) is 0 Å². The average Bonchev–Trinajstić information content (AvgIpc) is 3.18. The van der Waals surface area contributed by atoms with Crippen molar-refractivity contribution in [3.05, 3.63) is 81.0 Å². The van der Waals surface area contributed by atoms with Crippen LogP contribution >= 0.6 is 0 Å². The smallest absolute Gasteiger partial charge is 0.336 e. The van der Waals surface area contributed by atoms with Crippen molar-refractivity contribution in [2.45, 2.75) is 45.4 Å². The molecule has 1 saturated heterocycles. The number of amides is 1. The minimum Gasteiger partial charge on any atom is -0.459 e. The number of rotatable bonds is 5. The molecule has 3 aromatic rings. The van der Waals surface area contributed by atoms with E-state index in [1.165, 1.54) is 29.2 Å². The zero-order chi connectivity index (χ0) is 23.7.